The minimum absolute atomic E-state index is 0.0232. The van der Waals surface area contributed by atoms with Gasteiger partial charge in [0.1, 0.15) is 6.17 Å². The Morgan fingerprint density at radius 3 is 2.32 bits per heavy atom. The smallest absolute Gasteiger partial charge is 0.122 e. The molecule has 0 saturated carbocycles. The first-order valence-electron chi connectivity index (χ1n) is 7.79. The van der Waals surface area contributed by atoms with E-state index in [1.807, 2.05) is 38.2 Å². The molecule has 0 bridgehead atoms. The molecule has 0 aliphatic carbocycles. The normalized spacial score (nSPS) is 15.6. The predicted molar refractivity (Wildman–Crippen MR) is 93.0 cm³/mol. The summed E-state index contributed by atoms with van der Waals surface area (Å²) in [6.45, 7) is 7.79. The summed E-state index contributed by atoms with van der Waals surface area (Å²) in [5, 5.41) is 0. The van der Waals surface area contributed by atoms with Crippen molar-refractivity contribution < 1.29 is 9.13 Å². The molecule has 1 aromatic carbocycles. The van der Waals surface area contributed by atoms with E-state index in [2.05, 4.69) is 30.9 Å². The molecule has 0 heterocycles. The average Bonchev–Trinajstić information content (AvgIpc) is 2.51. The molecule has 122 valence electrons. The highest BCUT2D eigenvalue weighted by Gasteiger charge is 2.15. The van der Waals surface area contributed by atoms with Gasteiger partial charge < -0.3 is 9.64 Å². The van der Waals surface area contributed by atoms with E-state index in [1.165, 1.54) is 5.57 Å². The van der Waals surface area contributed by atoms with Gasteiger partial charge in [-0.2, -0.15) is 0 Å². The lowest BCUT2D eigenvalue weighted by molar-refractivity contribution is 0.145. The van der Waals surface area contributed by atoms with Crippen LogP contribution in [-0.4, -0.2) is 20.3 Å². The molecule has 0 saturated heterocycles. The fourth-order valence-electron chi connectivity index (χ4n) is 2.33. The van der Waals surface area contributed by atoms with Crippen molar-refractivity contribution in [1.82, 2.24) is 0 Å². The highest BCUT2D eigenvalue weighted by Crippen LogP contribution is 2.25. The Labute approximate surface area is 134 Å². The first kappa shape index (κ1) is 18.4. The van der Waals surface area contributed by atoms with Gasteiger partial charge in [0.2, 0.25) is 0 Å². The van der Waals surface area contributed by atoms with Crippen LogP contribution in [0, 0.1) is 0 Å². The number of alkyl halides is 1. The van der Waals surface area contributed by atoms with E-state index in [1.54, 1.807) is 14.0 Å². The van der Waals surface area contributed by atoms with E-state index in [4.69, 9.17) is 4.74 Å². The zero-order valence-electron chi connectivity index (χ0n) is 14.6. The Morgan fingerprint density at radius 2 is 1.86 bits per heavy atom. The zero-order valence-corrected chi connectivity index (χ0v) is 14.6. The maximum atomic E-state index is 13.3. The van der Waals surface area contributed by atoms with E-state index in [0.29, 0.717) is 5.56 Å². The first-order valence-corrected chi connectivity index (χ1v) is 7.79. The van der Waals surface area contributed by atoms with E-state index < -0.39 is 6.17 Å². The van der Waals surface area contributed by atoms with Crippen molar-refractivity contribution in [3.05, 3.63) is 53.3 Å². The standard InChI is InChI=1S/C19H28FNO/c1-7-8-14(2)13-19(16(4)22-6)21(5)18-11-9-17(10-12-18)15(3)20/h8-13,15-16H,7H2,1-6H3/b14-8-,19-13-. The second-order valence-corrected chi connectivity index (χ2v) is 5.57. The largest absolute Gasteiger partial charge is 0.376 e. The topological polar surface area (TPSA) is 12.5 Å². The summed E-state index contributed by atoms with van der Waals surface area (Å²) >= 11 is 0. The van der Waals surface area contributed by atoms with Crippen LogP contribution in [0.5, 0.6) is 0 Å². The Balaban J connectivity index is 3.11. The fraction of sp³-hybridized carbons (Fsp3) is 0.474. The number of anilines is 1. The van der Waals surface area contributed by atoms with Crippen LogP contribution in [0.3, 0.4) is 0 Å². The van der Waals surface area contributed by atoms with E-state index in [0.717, 1.165) is 17.8 Å². The lowest BCUT2D eigenvalue weighted by Crippen LogP contribution is -2.26. The molecule has 0 aliphatic heterocycles. The molecular formula is C19H28FNO. The summed E-state index contributed by atoms with van der Waals surface area (Å²) in [6.07, 6.45) is 4.36. The van der Waals surface area contributed by atoms with Crippen molar-refractivity contribution in [2.45, 2.75) is 46.4 Å². The molecule has 0 fully saturated rings. The van der Waals surface area contributed by atoms with Crippen LogP contribution in [0.15, 0.2) is 47.7 Å². The molecule has 1 rings (SSSR count). The highest BCUT2D eigenvalue weighted by molar-refractivity contribution is 5.54. The second kappa shape index (κ2) is 8.74. The van der Waals surface area contributed by atoms with Gasteiger partial charge in [-0.3, -0.25) is 0 Å². The Kier molecular flexibility index (Phi) is 7.33. The maximum Gasteiger partial charge on any atom is 0.122 e. The van der Waals surface area contributed by atoms with Gasteiger partial charge in [0.05, 0.1) is 6.10 Å². The SMILES string of the molecule is CC/C=C(C)\C=C(\C(C)OC)N(C)c1ccc(C(C)F)cc1. The van der Waals surface area contributed by atoms with Gasteiger partial charge in [0.15, 0.2) is 0 Å². The number of ether oxygens (including phenoxy) is 1. The van der Waals surface area contributed by atoms with E-state index in [-0.39, 0.29) is 6.10 Å². The Morgan fingerprint density at radius 1 is 1.27 bits per heavy atom. The van der Waals surface area contributed by atoms with Crippen LogP contribution in [-0.2, 0) is 4.74 Å². The third-order valence-corrected chi connectivity index (χ3v) is 3.80. The highest BCUT2D eigenvalue weighted by atomic mass is 19.1. The van der Waals surface area contributed by atoms with Gasteiger partial charge in [-0.1, -0.05) is 30.7 Å². The van der Waals surface area contributed by atoms with Crippen LogP contribution >= 0.6 is 0 Å². The van der Waals surface area contributed by atoms with Gasteiger partial charge in [-0.25, -0.2) is 4.39 Å². The third kappa shape index (κ3) is 4.99. The second-order valence-electron chi connectivity index (χ2n) is 5.57. The third-order valence-electron chi connectivity index (χ3n) is 3.80. The zero-order chi connectivity index (χ0) is 16.7. The van der Waals surface area contributed by atoms with Crippen LogP contribution < -0.4 is 4.90 Å². The number of methoxy groups -OCH3 is 1. The molecule has 1 aromatic rings. The van der Waals surface area contributed by atoms with E-state index in [9.17, 15) is 4.39 Å². The summed E-state index contributed by atoms with van der Waals surface area (Å²) in [4.78, 5) is 2.09. The summed E-state index contributed by atoms with van der Waals surface area (Å²) in [5.74, 6) is 0. The Bertz CT molecular complexity index is 517. The van der Waals surface area contributed by atoms with Crippen molar-refractivity contribution in [2.24, 2.45) is 0 Å². The number of allylic oxidation sites excluding steroid dienone is 3. The number of nitrogens with zero attached hydrogens (tertiary/aromatic N) is 1. The monoisotopic (exact) mass is 305 g/mol. The molecule has 22 heavy (non-hydrogen) atoms. The lowest BCUT2D eigenvalue weighted by atomic mass is 10.1. The number of rotatable bonds is 7. The number of hydrogen-bond donors (Lipinski definition) is 0. The molecule has 0 aliphatic rings. The minimum Gasteiger partial charge on any atom is -0.376 e. The molecule has 2 nitrogen and oxygen atoms in total. The quantitative estimate of drug-likeness (QED) is 0.623. The van der Waals surface area contributed by atoms with Gasteiger partial charge in [0, 0.05) is 25.5 Å². The number of likely N-dealkylation sites (N-methyl/N-ethyl adjacent to an activating group) is 1. The molecule has 0 radical (unpaired) electrons. The van der Waals surface area contributed by atoms with Crippen molar-refractivity contribution in [3.63, 3.8) is 0 Å². The molecule has 0 amide bonds. The van der Waals surface area contributed by atoms with Crippen molar-refractivity contribution in [2.75, 3.05) is 19.1 Å². The first-order chi connectivity index (χ1) is 10.4. The summed E-state index contributed by atoms with van der Waals surface area (Å²) in [6, 6.07) is 7.56. The van der Waals surface area contributed by atoms with E-state index >= 15 is 0 Å². The summed E-state index contributed by atoms with van der Waals surface area (Å²) in [5.41, 5.74) is 4.00. The number of benzene rings is 1. The number of hydrogen-bond acceptors (Lipinski definition) is 2. The van der Waals surface area contributed by atoms with Crippen LogP contribution in [0.25, 0.3) is 0 Å². The molecule has 3 heteroatoms. The van der Waals surface area contributed by atoms with Crippen molar-refractivity contribution in [3.8, 4) is 0 Å². The van der Waals surface area contributed by atoms with Crippen LogP contribution in [0.1, 0.15) is 45.9 Å². The molecule has 2 atom stereocenters. The minimum atomic E-state index is -0.943. The van der Waals surface area contributed by atoms with Crippen LogP contribution in [0.4, 0.5) is 10.1 Å². The fourth-order valence-corrected chi connectivity index (χ4v) is 2.33. The lowest BCUT2D eigenvalue weighted by Gasteiger charge is -2.27. The molecule has 0 N–H and O–H groups in total. The van der Waals surface area contributed by atoms with Crippen LogP contribution in [0.2, 0.25) is 0 Å². The van der Waals surface area contributed by atoms with Crippen molar-refractivity contribution >= 4 is 5.69 Å². The molecule has 2 unspecified atom stereocenters. The summed E-state index contributed by atoms with van der Waals surface area (Å²) in [7, 11) is 3.72. The summed E-state index contributed by atoms with van der Waals surface area (Å²) < 4.78 is 18.8. The van der Waals surface area contributed by atoms with Gasteiger partial charge in [-0.05, 0) is 51.0 Å². The van der Waals surface area contributed by atoms with Gasteiger partial charge >= 0.3 is 0 Å². The average molecular weight is 305 g/mol. The van der Waals surface area contributed by atoms with Gasteiger partial charge in [-0.15, -0.1) is 0 Å². The maximum absolute atomic E-state index is 13.3. The molecule has 0 aromatic heterocycles. The van der Waals surface area contributed by atoms with Crippen molar-refractivity contribution in [1.29, 1.82) is 0 Å². The Hall–Kier alpha value is -1.61. The van der Waals surface area contributed by atoms with Gasteiger partial charge in [0.25, 0.3) is 0 Å². The molecular weight excluding hydrogens is 277 g/mol. The number of halogens is 1. The predicted octanol–water partition coefficient (Wildman–Crippen LogP) is 5.43. The molecule has 0 spiro atoms.